The summed E-state index contributed by atoms with van der Waals surface area (Å²) in [6.45, 7) is 5.37. The van der Waals surface area contributed by atoms with Gasteiger partial charge in [-0.3, -0.25) is 9.58 Å². The normalized spacial score (nSPS) is 26.3. The molecule has 1 aliphatic rings. The Morgan fingerprint density at radius 2 is 2.41 bits per heavy atom. The lowest BCUT2D eigenvalue weighted by Crippen LogP contribution is -2.46. The van der Waals surface area contributed by atoms with Gasteiger partial charge in [0.25, 0.3) is 0 Å². The summed E-state index contributed by atoms with van der Waals surface area (Å²) in [5, 5.41) is 4.38. The van der Waals surface area contributed by atoms with E-state index in [1.54, 1.807) is 0 Å². The largest absolute Gasteiger partial charge is 0.374 e. The number of nitrogens with zero attached hydrogens (tertiary/aromatic N) is 3. The smallest absolute Gasteiger partial charge is 0.0895 e. The van der Waals surface area contributed by atoms with E-state index in [0.717, 1.165) is 26.1 Å². The fourth-order valence-electron chi connectivity index (χ4n) is 2.41. The summed E-state index contributed by atoms with van der Waals surface area (Å²) in [5.41, 5.74) is 6.98. The lowest BCUT2D eigenvalue weighted by molar-refractivity contribution is -0.0576. The summed E-state index contributed by atoms with van der Waals surface area (Å²) < 4.78 is 7.72. The molecule has 2 atom stereocenters. The second-order valence-electron chi connectivity index (χ2n) is 4.61. The summed E-state index contributed by atoms with van der Waals surface area (Å²) in [6, 6.07) is 0.236. The first-order chi connectivity index (χ1) is 8.26. The van der Waals surface area contributed by atoms with Crippen molar-refractivity contribution in [1.29, 1.82) is 0 Å². The van der Waals surface area contributed by atoms with Crippen LogP contribution >= 0.6 is 0 Å². The second-order valence-corrected chi connectivity index (χ2v) is 4.61. The minimum atomic E-state index is 0.0769. The van der Waals surface area contributed by atoms with Gasteiger partial charge in [0.1, 0.15) is 0 Å². The van der Waals surface area contributed by atoms with E-state index in [0.29, 0.717) is 6.54 Å². The quantitative estimate of drug-likeness (QED) is 0.835. The van der Waals surface area contributed by atoms with Gasteiger partial charge < -0.3 is 10.5 Å². The minimum absolute atomic E-state index is 0.0769. The third-order valence-corrected chi connectivity index (χ3v) is 3.28. The molecule has 0 amide bonds. The zero-order valence-electron chi connectivity index (χ0n) is 10.7. The monoisotopic (exact) mass is 238 g/mol. The zero-order valence-corrected chi connectivity index (χ0v) is 10.7. The third kappa shape index (κ3) is 2.68. The number of morpholine rings is 1. The molecule has 0 aliphatic carbocycles. The summed E-state index contributed by atoms with van der Waals surface area (Å²) in [6.07, 6.45) is 5.22. The number of nitrogens with two attached hydrogens (primary N) is 1. The summed E-state index contributed by atoms with van der Waals surface area (Å²) >= 11 is 0. The fourth-order valence-corrected chi connectivity index (χ4v) is 2.41. The summed E-state index contributed by atoms with van der Waals surface area (Å²) in [5.74, 6) is 0. The molecule has 0 saturated carbocycles. The van der Waals surface area contributed by atoms with Crippen molar-refractivity contribution in [3.63, 3.8) is 0 Å². The molecule has 0 aromatic carbocycles. The van der Waals surface area contributed by atoms with Crippen molar-refractivity contribution < 1.29 is 4.74 Å². The van der Waals surface area contributed by atoms with Crippen molar-refractivity contribution in [1.82, 2.24) is 14.7 Å². The van der Waals surface area contributed by atoms with E-state index in [2.05, 4.69) is 30.2 Å². The van der Waals surface area contributed by atoms with Gasteiger partial charge in [-0.2, -0.15) is 5.10 Å². The van der Waals surface area contributed by atoms with E-state index in [1.165, 1.54) is 5.56 Å². The maximum absolute atomic E-state index is 5.78. The van der Waals surface area contributed by atoms with Crippen LogP contribution in [0.15, 0.2) is 12.4 Å². The zero-order chi connectivity index (χ0) is 12.3. The SMILES string of the molecule is CCCn1cc(C2C(CN)OCCN2C)cn1. The highest BCUT2D eigenvalue weighted by molar-refractivity contribution is 5.13. The average Bonchev–Trinajstić information content (AvgIpc) is 2.77. The Bertz CT molecular complexity index is 352. The molecule has 5 heteroatoms. The Balaban J connectivity index is 2.16. The number of hydrogen-bond acceptors (Lipinski definition) is 4. The number of ether oxygens (including phenoxy) is 1. The molecule has 2 N–H and O–H groups in total. The topological polar surface area (TPSA) is 56.3 Å². The van der Waals surface area contributed by atoms with Crippen molar-refractivity contribution in [2.45, 2.75) is 32.0 Å². The average molecular weight is 238 g/mol. The Morgan fingerprint density at radius 3 is 3.12 bits per heavy atom. The number of aryl methyl sites for hydroxylation is 1. The molecule has 1 fully saturated rings. The highest BCUT2D eigenvalue weighted by Crippen LogP contribution is 2.27. The van der Waals surface area contributed by atoms with Gasteiger partial charge in [-0.1, -0.05) is 6.92 Å². The predicted octanol–water partition coefficient (Wildman–Crippen LogP) is 0.624. The molecule has 1 saturated heterocycles. The van der Waals surface area contributed by atoms with Crippen molar-refractivity contribution in [3.8, 4) is 0 Å². The third-order valence-electron chi connectivity index (χ3n) is 3.28. The molecular formula is C12H22N4O. The van der Waals surface area contributed by atoms with Crippen molar-refractivity contribution in [3.05, 3.63) is 18.0 Å². The maximum Gasteiger partial charge on any atom is 0.0895 e. The molecule has 1 aliphatic heterocycles. The van der Waals surface area contributed by atoms with Crippen LogP contribution in [0, 0.1) is 0 Å². The van der Waals surface area contributed by atoms with E-state index in [9.17, 15) is 0 Å². The van der Waals surface area contributed by atoms with Crippen molar-refractivity contribution in [2.24, 2.45) is 5.73 Å². The van der Waals surface area contributed by atoms with Gasteiger partial charge in [0.05, 0.1) is 24.9 Å². The van der Waals surface area contributed by atoms with Gasteiger partial charge in [0.15, 0.2) is 0 Å². The van der Waals surface area contributed by atoms with E-state index in [-0.39, 0.29) is 12.1 Å². The molecule has 2 unspecified atom stereocenters. The van der Waals surface area contributed by atoms with Crippen LogP contribution < -0.4 is 5.73 Å². The fraction of sp³-hybridized carbons (Fsp3) is 0.750. The van der Waals surface area contributed by atoms with E-state index >= 15 is 0 Å². The predicted molar refractivity (Wildman–Crippen MR) is 66.7 cm³/mol. The lowest BCUT2D eigenvalue weighted by Gasteiger charge is -2.38. The molecule has 1 aromatic rings. The molecule has 1 aromatic heterocycles. The molecule has 0 spiro atoms. The van der Waals surface area contributed by atoms with Crippen LogP contribution in [0.3, 0.4) is 0 Å². The number of likely N-dealkylation sites (N-methyl/N-ethyl adjacent to an activating group) is 1. The van der Waals surface area contributed by atoms with Crippen molar-refractivity contribution in [2.75, 3.05) is 26.7 Å². The second kappa shape index (κ2) is 5.62. The van der Waals surface area contributed by atoms with Crippen LogP contribution in [0.25, 0.3) is 0 Å². The van der Waals surface area contributed by atoms with E-state index < -0.39 is 0 Å². The van der Waals surface area contributed by atoms with Gasteiger partial charge in [-0.15, -0.1) is 0 Å². The van der Waals surface area contributed by atoms with Crippen LogP contribution in [0.1, 0.15) is 24.9 Å². The number of aromatic nitrogens is 2. The van der Waals surface area contributed by atoms with Crippen molar-refractivity contribution >= 4 is 0 Å². The molecule has 2 rings (SSSR count). The molecule has 0 radical (unpaired) electrons. The Kier molecular flexibility index (Phi) is 4.15. The maximum atomic E-state index is 5.78. The van der Waals surface area contributed by atoms with E-state index in [1.807, 2.05) is 10.9 Å². The molecule has 17 heavy (non-hydrogen) atoms. The van der Waals surface area contributed by atoms with Crippen LogP contribution in [0.4, 0.5) is 0 Å². The van der Waals surface area contributed by atoms with Gasteiger partial charge in [0.2, 0.25) is 0 Å². The van der Waals surface area contributed by atoms with Gasteiger partial charge in [-0.05, 0) is 13.5 Å². The Labute approximate surface area is 103 Å². The van der Waals surface area contributed by atoms with Gasteiger partial charge >= 0.3 is 0 Å². The number of hydrogen-bond donors (Lipinski definition) is 1. The standard InChI is InChI=1S/C12H22N4O/c1-3-4-16-9-10(8-14-16)12-11(7-13)17-6-5-15(12)2/h8-9,11-12H,3-7,13H2,1-2H3. The van der Waals surface area contributed by atoms with Gasteiger partial charge in [0, 0.05) is 31.4 Å². The lowest BCUT2D eigenvalue weighted by atomic mass is 10.0. The summed E-state index contributed by atoms with van der Waals surface area (Å²) in [7, 11) is 2.12. The van der Waals surface area contributed by atoms with E-state index in [4.69, 9.17) is 10.5 Å². The molecule has 5 nitrogen and oxygen atoms in total. The highest BCUT2D eigenvalue weighted by atomic mass is 16.5. The minimum Gasteiger partial charge on any atom is -0.374 e. The van der Waals surface area contributed by atoms with Crippen LogP contribution in [0.2, 0.25) is 0 Å². The summed E-state index contributed by atoms with van der Waals surface area (Å²) in [4.78, 5) is 2.30. The highest BCUT2D eigenvalue weighted by Gasteiger charge is 2.31. The molecular weight excluding hydrogens is 216 g/mol. The van der Waals surface area contributed by atoms with Crippen LogP contribution in [0.5, 0.6) is 0 Å². The first kappa shape index (κ1) is 12.5. The Morgan fingerprint density at radius 1 is 1.59 bits per heavy atom. The molecule has 2 heterocycles. The molecule has 0 bridgehead atoms. The first-order valence-electron chi connectivity index (χ1n) is 6.30. The first-order valence-corrected chi connectivity index (χ1v) is 6.30. The van der Waals surface area contributed by atoms with Crippen LogP contribution in [-0.4, -0.2) is 47.5 Å². The van der Waals surface area contributed by atoms with Crippen LogP contribution in [-0.2, 0) is 11.3 Å². The molecule has 96 valence electrons. The number of rotatable bonds is 4. The van der Waals surface area contributed by atoms with Gasteiger partial charge in [-0.25, -0.2) is 0 Å². The Hall–Kier alpha value is -0.910.